The van der Waals surface area contributed by atoms with Crippen LogP contribution in [0, 0.1) is 0 Å². The van der Waals surface area contributed by atoms with Crippen LogP contribution in [0.5, 0.6) is 0 Å². The number of hydrogen-bond acceptors (Lipinski definition) is 5. The number of phosphoric acid groups is 1. The number of quaternary nitrogens is 1. The predicted molar refractivity (Wildman–Crippen MR) is 171 cm³/mol. The van der Waals surface area contributed by atoms with Crippen LogP contribution >= 0.6 is 7.82 Å². The molecule has 41 heavy (non-hydrogen) atoms. The summed E-state index contributed by atoms with van der Waals surface area (Å²) >= 11 is 0. The average molecular weight is 604 g/mol. The van der Waals surface area contributed by atoms with Crippen molar-refractivity contribution in [3.05, 3.63) is 24.3 Å². The number of likely N-dealkylation sites (N-methyl/N-ethyl adjacent to an activating group) is 1. The van der Waals surface area contributed by atoms with Crippen LogP contribution in [-0.2, 0) is 18.4 Å². The predicted octanol–water partition coefficient (Wildman–Crippen LogP) is 7.46. The molecule has 0 saturated carbocycles. The Bertz CT molecular complexity index is 738. The van der Waals surface area contributed by atoms with Crippen molar-refractivity contribution < 1.29 is 32.9 Å². The SMILES string of the molecule is CCCCCCCCCCCCCCCC/C=C/CC/C=C/C(O)C(COP(=O)(O)OCC[N+](C)(C)C)NC(C)=O. The lowest BCUT2D eigenvalue weighted by Crippen LogP contribution is -2.44. The van der Waals surface area contributed by atoms with Gasteiger partial charge in [-0.15, -0.1) is 0 Å². The van der Waals surface area contributed by atoms with E-state index in [0.29, 0.717) is 11.0 Å². The second kappa shape index (κ2) is 25.5. The number of amides is 1. The van der Waals surface area contributed by atoms with Crippen molar-refractivity contribution in [1.29, 1.82) is 0 Å². The minimum atomic E-state index is -4.29. The topological polar surface area (TPSA) is 105 Å². The molecule has 1 amide bonds. The molecule has 0 aliphatic heterocycles. The van der Waals surface area contributed by atoms with Crippen LogP contribution < -0.4 is 5.32 Å². The van der Waals surface area contributed by atoms with E-state index in [2.05, 4.69) is 24.4 Å². The first-order valence-corrected chi connectivity index (χ1v) is 17.7. The molecule has 0 heterocycles. The zero-order chi connectivity index (χ0) is 30.8. The lowest BCUT2D eigenvalue weighted by Gasteiger charge is -2.25. The first-order valence-electron chi connectivity index (χ1n) is 16.2. The Kier molecular flexibility index (Phi) is 24.8. The number of phosphoric ester groups is 1. The third-order valence-electron chi connectivity index (χ3n) is 6.96. The van der Waals surface area contributed by atoms with E-state index in [0.717, 1.165) is 19.3 Å². The molecule has 3 atom stereocenters. The van der Waals surface area contributed by atoms with Crippen LogP contribution in [0.25, 0.3) is 0 Å². The number of carbonyl (C=O) groups excluding carboxylic acids is 1. The van der Waals surface area contributed by atoms with Crippen LogP contribution in [0.2, 0.25) is 0 Å². The molecule has 242 valence electrons. The molecule has 8 nitrogen and oxygen atoms in total. The monoisotopic (exact) mass is 603 g/mol. The van der Waals surface area contributed by atoms with E-state index in [1.165, 1.54) is 96.8 Å². The van der Waals surface area contributed by atoms with Gasteiger partial charge >= 0.3 is 7.82 Å². The molecule has 0 fully saturated rings. The number of aliphatic hydroxyl groups excluding tert-OH is 1. The number of nitrogens with one attached hydrogen (secondary N) is 1. The summed E-state index contributed by atoms with van der Waals surface area (Å²) in [6.07, 6.45) is 28.7. The van der Waals surface area contributed by atoms with Gasteiger partial charge in [0.05, 0.1) is 39.9 Å². The van der Waals surface area contributed by atoms with Crippen LogP contribution in [0.3, 0.4) is 0 Å². The highest BCUT2D eigenvalue weighted by atomic mass is 31.2. The second-order valence-corrected chi connectivity index (χ2v) is 13.7. The van der Waals surface area contributed by atoms with E-state index in [4.69, 9.17) is 9.05 Å². The van der Waals surface area contributed by atoms with Crippen molar-refractivity contribution in [3.63, 3.8) is 0 Å². The number of rotatable bonds is 28. The molecule has 9 heteroatoms. The Morgan fingerprint density at radius 2 is 1.29 bits per heavy atom. The van der Waals surface area contributed by atoms with Gasteiger partial charge in [-0.1, -0.05) is 115 Å². The minimum absolute atomic E-state index is 0.0530. The number of aliphatic hydroxyl groups is 1. The van der Waals surface area contributed by atoms with Gasteiger partial charge in [-0.2, -0.15) is 0 Å². The van der Waals surface area contributed by atoms with Crippen LogP contribution in [0.1, 0.15) is 123 Å². The van der Waals surface area contributed by atoms with Crippen molar-refractivity contribution in [2.75, 3.05) is 40.9 Å². The zero-order valence-corrected chi connectivity index (χ0v) is 27.9. The number of unbranched alkanes of at least 4 members (excludes halogenated alkanes) is 15. The Morgan fingerprint density at radius 1 is 0.805 bits per heavy atom. The van der Waals surface area contributed by atoms with Crippen molar-refractivity contribution in [2.24, 2.45) is 0 Å². The molecule has 3 unspecified atom stereocenters. The summed E-state index contributed by atoms with van der Waals surface area (Å²) in [4.78, 5) is 21.5. The Labute approximate surface area is 252 Å². The van der Waals surface area contributed by atoms with E-state index in [1.54, 1.807) is 6.08 Å². The first kappa shape index (κ1) is 40.0. The molecule has 0 saturated heterocycles. The molecule has 0 aliphatic rings. The van der Waals surface area contributed by atoms with Gasteiger partial charge < -0.3 is 19.8 Å². The minimum Gasteiger partial charge on any atom is -0.387 e. The van der Waals surface area contributed by atoms with Crippen molar-refractivity contribution in [2.45, 2.75) is 135 Å². The molecule has 0 aromatic heterocycles. The van der Waals surface area contributed by atoms with Crippen LogP contribution in [0.4, 0.5) is 0 Å². The molecule has 0 aromatic carbocycles. The lowest BCUT2D eigenvalue weighted by molar-refractivity contribution is -0.870. The number of nitrogens with zero attached hydrogens (tertiary/aromatic N) is 1. The Balaban J connectivity index is 3.95. The molecule has 0 aliphatic carbocycles. The van der Waals surface area contributed by atoms with E-state index in [9.17, 15) is 19.4 Å². The van der Waals surface area contributed by atoms with Gasteiger partial charge in [0.2, 0.25) is 5.91 Å². The molecule has 3 N–H and O–H groups in total. The smallest absolute Gasteiger partial charge is 0.387 e. The Hall–Kier alpha value is -1.02. The van der Waals surface area contributed by atoms with Crippen LogP contribution in [0.15, 0.2) is 24.3 Å². The number of carbonyl (C=O) groups is 1. The fourth-order valence-electron chi connectivity index (χ4n) is 4.38. The van der Waals surface area contributed by atoms with Gasteiger partial charge in [0.25, 0.3) is 0 Å². The quantitative estimate of drug-likeness (QED) is 0.0371. The summed E-state index contributed by atoms with van der Waals surface area (Å²) in [5, 5.41) is 13.0. The molecule has 0 radical (unpaired) electrons. The fourth-order valence-corrected chi connectivity index (χ4v) is 5.12. The maximum absolute atomic E-state index is 12.1. The van der Waals surface area contributed by atoms with Gasteiger partial charge in [0.15, 0.2) is 0 Å². The van der Waals surface area contributed by atoms with Crippen molar-refractivity contribution >= 4 is 13.7 Å². The largest absolute Gasteiger partial charge is 0.472 e. The van der Waals surface area contributed by atoms with E-state index in [-0.39, 0.29) is 19.1 Å². The molecule has 0 bridgehead atoms. The molecule has 0 aromatic rings. The van der Waals surface area contributed by atoms with Gasteiger partial charge in [-0.3, -0.25) is 13.8 Å². The van der Waals surface area contributed by atoms with Gasteiger partial charge in [0, 0.05) is 6.92 Å². The number of hydrogen-bond donors (Lipinski definition) is 3. The summed E-state index contributed by atoms with van der Waals surface area (Å²) in [5.41, 5.74) is 0. The second-order valence-electron chi connectivity index (χ2n) is 12.3. The highest BCUT2D eigenvalue weighted by molar-refractivity contribution is 7.47. The molecule has 0 rings (SSSR count). The highest BCUT2D eigenvalue weighted by Gasteiger charge is 2.27. The highest BCUT2D eigenvalue weighted by Crippen LogP contribution is 2.43. The van der Waals surface area contributed by atoms with E-state index < -0.39 is 20.0 Å². The number of allylic oxidation sites excluding steroid dienone is 3. The summed E-state index contributed by atoms with van der Waals surface area (Å²) in [6, 6.07) is -0.859. The third-order valence-corrected chi connectivity index (χ3v) is 7.94. The summed E-state index contributed by atoms with van der Waals surface area (Å²) in [5.74, 6) is -0.365. The maximum Gasteiger partial charge on any atom is 0.472 e. The van der Waals surface area contributed by atoms with E-state index in [1.807, 2.05) is 27.2 Å². The normalized spacial score (nSPS) is 15.4. The molecular formula is C32H64N2O6P+. The van der Waals surface area contributed by atoms with Crippen molar-refractivity contribution in [3.8, 4) is 0 Å². The third kappa shape index (κ3) is 28.9. The Morgan fingerprint density at radius 3 is 1.80 bits per heavy atom. The van der Waals surface area contributed by atoms with E-state index >= 15 is 0 Å². The maximum atomic E-state index is 12.1. The lowest BCUT2D eigenvalue weighted by atomic mass is 10.0. The molecule has 0 spiro atoms. The summed E-state index contributed by atoms with van der Waals surface area (Å²) in [7, 11) is 1.54. The van der Waals surface area contributed by atoms with Gasteiger partial charge in [-0.25, -0.2) is 4.57 Å². The van der Waals surface area contributed by atoms with Gasteiger partial charge in [-0.05, 0) is 25.7 Å². The standard InChI is InChI=1S/C32H63N2O6P/c1-6-7-8-9-10-11-12-13-14-15-16-17-18-19-20-21-22-23-24-25-26-32(36)31(33-30(2)35)29-40-41(37,38)39-28-27-34(3,4)5/h21-22,25-26,31-32,36H,6-20,23-24,27-29H2,1-5H3,(H-,33,35,37,38)/p+1/b22-21+,26-25+. The average Bonchev–Trinajstić information content (AvgIpc) is 2.88. The summed E-state index contributed by atoms with van der Waals surface area (Å²) < 4.78 is 22.8. The first-order chi connectivity index (χ1) is 19.5. The van der Waals surface area contributed by atoms with Gasteiger partial charge in [0.1, 0.15) is 13.2 Å². The van der Waals surface area contributed by atoms with Crippen molar-refractivity contribution in [1.82, 2.24) is 5.32 Å². The zero-order valence-electron chi connectivity index (χ0n) is 27.0. The fraction of sp³-hybridized carbons (Fsp3) is 0.844. The van der Waals surface area contributed by atoms with Crippen LogP contribution in [-0.4, -0.2) is 73.4 Å². The molecular weight excluding hydrogens is 539 g/mol. The summed E-state index contributed by atoms with van der Waals surface area (Å²) in [6.45, 7) is 3.83.